The minimum atomic E-state index is -3.19. The van der Waals surface area contributed by atoms with Gasteiger partial charge >= 0.3 is 5.92 Å². The smallest absolute Gasteiger partial charge is 0.306 e. The topological polar surface area (TPSA) is 51.0 Å². The average molecular weight is 456 g/mol. The van der Waals surface area contributed by atoms with Crippen LogP contribution in [0.5, 0.6) is 0 Å². The molecule has 5 rings (SSSR count). The number of pyridine rings is 1. The summed E-state index contributed by atoms with van der Waals surface area (Å²) >= 11 is 0. The number of alkyl halides is 2. The molecule has 1 aliphatic heterocycles. The third-order valence-corrected chi connectivity index (χ3v) is 6.21. The fraction of sp³-hybridized carbons (Fsp3) is 0.185. The first-order chi connectivity index (χ1) is 16.3. The first-order valence-corrected chi connectivity index (χ1v) is 10.9. The Hall–Kier alpha value is -4.09. The second-order valence-electron chi connectivity index (χ2n) is 8.38. The van der Waals surface area contributed by atoms with Crippen molar-refractivity contribution in [3.63, 3.8) is 0 Å². The monoisotopic (exact) mass is 456 g/mol. The number of nitrogens with zero attached hydrogens (tertiary/aromatic N) is 4. The van der Waals surface area contributed by atoms with Crippen LogP contribution >= 0.6 is 0 Å². The molecule has 34 heavy (non-hydrogen) atoms. The number of halogens is 2. The molecule has 0 bridgehead atoms. The van der Waals surface area contributed by atoms with Crippen molar-refractivity contribution in [3.8, 4) is 0 Å². The average Bonchev–Trinajstić information content (AvgIpc) is 3.08. The Morgan fingerprint density at radius 1 is 1.21 bits per heavy atom. The maximum atomic E-state index is 14.0. The molecule has 7 heteroatoms. The van der Waals surface area contributed by atoms with E-state index in [1.807, 2.05) is 31.2 Å². The molecular formula is C27H22F2N4O. The van der Waals surface area contributed by atoms with Gasteiger partial charge in [0.2, 0.25) is 0 Å². The molecule has 0 radical (unpaired) electrons. The highest BCUT2D eigenvalue weighted by Gasteiger charge is 2.30. The standard InChI is InChI=1S/C27H22F2N4O/c1-4-27(28,29)24-12-9-19-6-5-18(7-10-22(19)31-24)20-8-11-23(17(2)15-20)33-14-13-21-16-30-32(3)25(21)26(33)34/h4,6-12,15-16H,1,13-14H2,2-3H3. The fourth-order valence-corrected chi connectivity index (χ4v) is 4.34. The van der Waals surface area contributed by atoms with Crippen LogP contribution in [0.25, 0.3) is 17.7 Å². The van der Waals surface area contributed by atoms with E-state index in [-0.39, 0.29) is 11.6 Å². The molecule has 0 atom stereocenters. The van der Waals surface area contributed by atoms with Gasteiger partial charge in [-0.3, -0.25) is 9.48 Å². The molecule has 1 aromatic carbocycles. The van der Waals surface area contributed by atoms with Crippen LogP contribution < -0.4 is 4.90 Å². The number of carbonyl (C=O) groups is 1. The van der Waals surface area contributed by atoms with Crippen molar-refractivity contribution >= 4 is 29.3 Å². The quantitative estimate of drug-likeness (QED) is 0.394. The number of carbonyl (C=O) groups excluding carboxylic acids is 1. The molecular weight excluding hydrogens is 434 g/mol. The molecule has 0 N–H and O–H groups in total. The van der Waals surface area contributed by atoms with Crippen molar-refractivity contribution in [2.75, 3.05) is 11.4 Å². The van der Waals surface area contributed by atoms with Crippen molar-refractivity contribution in [2.24, 2.45) is 7.05 Å². The van der Waals surface area contributed by atoms with Gasteiger partial charge in [-0.05, 0) is 67.0 Å². The number of allylic oxidation sites excluding steroid dienone is 3. The Bertz CT molecular complexity index is 1440. The molecule has 0 saturated heterocycles. The normalized spacial score (nSPS) is 15.0. The van der Waals surface area contributed by atoms with E-state index < -0.39 is 5.92 Å². The number of amides is 1. The van der Waals surface area contributed by atoms with E-state index in [9.17, 15) is 13.6 Å². The van der Waals surface area contributed by atoms with Gasteiger partial charge in [-0.2, -0.15) is 13.9 Å². The fourth-order valence-electron chi connectivity index (χ4n) is 4.34. The van der Waals surface area contributed by atoms with Gasteiger partial charge < -0.3 is 4.90 Å². The van der Waals surface area contributed by atoms with Crippen molar-refractivity contribution in [1.29, 1.82) is 0 Å². The Balaban J connectivity index is 1.45. The number of fused-ring (bicyclic) bond motifs is 2. The Labute approximate surface area is 196 Å². The first kappa shape index (κ1) is 21.7. The zero-order valence-electron chi connectivity index (χ0n) is 18.8. The number of hydrogen-bond acceptors (Lipinski definition) is 3. The van der Waals surface area contributed by atoms with Gasteiger partial charge in [0.05, 0.1) is 11.9 Å². The van der Waals surface area contributed by atoms with Gasteiger partial charge in [-0.15, -0.1) is 5.73 Å². The lowest BCUT2D eigenvalue weighted by Crippen LogP contribution is -2.39. The second kappa shape index (κ2) is 8.04. The maximum Gasteiger partial charge on any atom is 0.307 e. The van der Waals surface area contributed by atoms with E-state index in [0.29, 0.717) is 29.6 Å². The van der Waals surface area contributed by atoms with Crippen LogP contribution in [0, 0.1) is 6.92 Å². The van der Waals surface area contributed by atoms with E-state index >= 15 is 0 Å². The summed E-state index contributed by atoms with van der Waals surface area (Å²) in [7, 11) is 1.78. The van der Waals surface area contributed by atoms with Crippen LogP contribution in [-0.4, -0.2) is 27.2 Å². The van der Waals surface area contributed by atoms with Crippen LogP contribution in [0.3, 0.4) is 0 Å². The van der Waals surface area contributed by atoms with Gasteiger partial charge in [0.1, 0.15) is 11.4 Å². The molecule has 3 heterocycles. The van der Waals surface area contributed by atoms with Crippen LogP contribution in [0.2, 0.25) is 0 Å². The highest BCUT2D eigenvalue weighted by Crippen LogP contribution is 2.32. The lowest BCUT2D eigenvalue weighted by molar-refractivity contribution is 0.0476. The molecule has 0 spiro atoms. The second-order valence-corrected chi connectivity index (χ2v) is 8.38. The van der Waals surface area contributed by atoms with E-state index in [4.69, 9.17) is 0 Å². The van der Waals surface area contributed by atoms with E-state index in [1.54, 1.807) is 41.0 Å². The summed E-state index contributed by atoms with van der Waals surface area (Å²) in [6.45, 7) is 5.76. The zero-order valence-corrected chi connectivity index (χ0v) is 18.8. The number of aromatic nitrogens is 3. The summed E-state index contributed by atoms with van der Waals surface area (Å²) in [5, 5.41) is 4.22. The highest BCUT2D eigenvalue weighted by molar-refractivity contribution is 6.07. The van der Waals surface area contributed by atoms with Gasteiger partial charge in [-0.1, -0.05) is 18.7 Å². The molecule has 1 amide bonds. The third kappa shape index (κ3) is 3.60. The minimum Gasteiger partial charge on any atom is -0.306 e. The van der Waals surface area contributed by atoms with E-state index in [2.05, 4.69) is 22.4 Å². The largest absolute Gasteiger partial charge is 0.307 e. The van der Waals surface area contributed by atoms with Crippen LogP contribution in [0.15, 0.2) is 61.0 Å². The van der Waals surface area contributed by atoms with E-state index in [0.717, 1.165) is 34.4 Å². The van der Waals surface area contributed by atoms with Crippen LogP contribution in [0.1, 0.15) is 44.1 Å². The van der Waals surface area contributed by atoms with Crippen molar-refractivity contribution < 1.29 is 13.6 Å². The summed E-state index contributed by atoms with van der Waals surface area (Å²) in [4.78, 5) is 19.0. The molecule has 3 aromatic rings. The van der Waals surface area contributed by atoms with Crippen LogP contribution in [0.4, 0.5) is 14.5 Å². The highest BCUT2D eigenvalue weighted by atomic mass is 19.3. The SMILES string of the molecule is C=CC(F)(F)c1ccc2c(n1)C=CC(c1ccc(N3CCc4cnn(C)c4C3=O)c(C)c1)=C=C2. The predicted molar refractivity (Wildman–Crippen MR) is 129 cm³/mol. The molecule has 0 saturated carbocycles. The summed E-state index contributed by atoms with van der Waals surface area (Å²) in [5.41, 5.74) is 9.15. The lowest BCUT2D eigenvalue weighted by atomic mass is 10.00. The summed E-state index contributed by atoms with van der Waals surface area (Å²) < 4.78 is 29.6. The maximum absolute atomic E-state index is 14.0. The van der Waals surface area contributed by atoms with Crippen molar-refractivity contribution in [1.82, 2.24) is 14.8 Å². The summed E-state index contributed by atoms with van der Waals surface area (Å²) in [5.74, 6) is -3.25. The minimum absolute atomic E-state index is 0.0563. The number of benzene rings is 1. The molecule has 170 valence electrons. The molecule has 0 unspecified atom stereocenters. The summed E-state index contributed by atoms with van der Waals surface area (Å²) in [6, 6.07) is 8.79. The first-order valence-electron chi connectivity index (χ1n) is 10.9. The van der Waals surface area contributed by atoms with Crippen molar-refractivity contribution in [3.05, 3.63) is 100 Å². The zero-order chi connectivity index (χ0) is 24.0. The molecule has 2 aromatic heterocycles. The Morgan fingerprint density at radius 3 is 2.79 bits per heavy atom. The lowest BCUT2D eigenvalue weighted by Gasteiger charge is -2.28. The molecule has 2 aliphatic rings. The summed E-state index contributed by atoms with van der Waals surface area (Å²) in [6.07, 6.45) is 8.37. The van der Waals surface area contributed by atoms with Crippen LogP contribution in [-0.2, 0) is 19.4 Å². The number of hydrogen-bond donors (Lipinski definition) is 0. The molecule has 5 nitrogen and oxygen atoms in total. The van der Waals surface area contributed by atoms with Gasteiger partial charge in [-0.25, -0.2) is 4.98 Å². The van der Waals surface area contributed by atoms with Gasteiger partial charge in [0, 0.05) is 36.0 Å². The molecule has 0 fully saturated rings. The molecule has 1 aliphatic carbocycles. The van der Waals surface area contributed by atoms with E-state index in [1.165, 1.54) is 6.07 Å². The van der Waals surface area contributed by atoms with Gasteiger partial charge in [0.15, 0.2) is 0 Å². The Kier molecular flexibility index (Phi) is 5.14. The third-order valence-electron chi connectivity index (χ3n) is 6.21. The Morgan fingerprint density at radius 2 is 2.03 bits per heavy atom. The number of anilines is 1. The number of rotatable bonds is 4. The van der Waals surface area contributed by atoms with Gasteiger partial charge in [0.25, 0.3) is 5.91 Å². The van der Waals surface area contributed by atoms with Crippen molar-refractivity contribution in [2.45, 2.75) is 19.3 Å². The number of aryl methyl sites for hydroxylation is 2. The predicted octanol–water partition coefficient (Wildman–Crippen LogP) is 5.33.